The van der Waals surface area contributed by atoms with Gasteiger partial charge in [-0.2, -0.15) is 0 Å². The van der Waals surface area contributed by atoms with Gasteiger partial charge in [-0.15, -0.1) is 11.3 Å². The summed E-state index contributed by atoms with van der Waals surface area (Å²) < 4.78 is 12.4. The molecule has 7 rings (SSSR count). The van der Waals surface area contributed by atoms with E-state index in [1.54, 1.807) is 25.6 Å². The molecule has 0 saturated carbocycles. The van der Waals surface area contributed by atoms with Gasteiger partial charge in [0, 0.05) is 27.8 Å². The molecule has 6 nitrogen and oxygen atoms in total. The van der Waals surface area contributed by atoms with Crippen LogP contribution in [0.5, 0.6) is 11.5 Å². The summed E-state index contributed by atoms with van der Waals surface area (Å²) in [5.74, 6) is 2.98. The van der Waals surface area contributed by atoms with Crippen LogP contribution in [0.3, 0.4) is 0 Å². The first-order valence-corrected chi connectivity index (χ1v) is 12.0. The molecule has 0 amide bonds. The first kappa shape index (κ1) is 19.9. The highest BCUT2D eigenvalue weighted by molar-refractivity contribution is 7.17. The molecule has 3 saturated heterocycles. The Kier molecular flexibility index (Phi) is 4.77. The van der Waals surface area contributed by atoms with E-state index in [2.05, 4.69) is 45.5 Å². The van der Waals surface area contributed by atoms with Crippen LogP contribution in [-0.4, -0.2) is 55.2 Å². The number of hydrogen-bond acceptors (Lipinski definition) is 7. The van der Waals surface area contributed by atoms with Gasteiger partial charge in [0.05, 0.1) is 27.3 Å². The molecular weight excluding hydrogens is 422 g/mol. The third-order valence-corrected chi connectivity index (χ3v) is 8.10. The Labute approximate surface area is 192 Å². The molecule has 2 aromatic carbocycles. The van der Waals surface area contributed by atoms with E-state index in [1.807, 2.05) is 12.1 Å². The molecule has 1 spiro atoms. The zero-order valence-corrected chi connectivity index (χ0v) is 19.2. The Morgan fingerprint density at radius 2 is 1.97 bits per heavy atom. The van der Waals surface area contributed by atoms with E-state index >= 15 is 0 Å². The third-order valence-electron chi connectivity index (χ3n) is 7.22. The minimum atomic E-state index is -0.429. The molecule has 3 aromatic rings. The fourth-order valence-corrected chi connectivity index (χ4v) is 6.29. The van der Waals surface area contributed by atoms with Crippen LogP contribution in [0.1, 0.15) is 24.0 Å². The zero-order valence-electron chi connectivity index (χ0n) is 18.4. The second-order valence-corrected chi connectivity index (χ2v) is 9.79. The number of hydrogen-bond donors (Lipinski definition) is 0. The first-order valence-electron chi connectivity index (χ1n) is 11.1. The Morgan fingerprint density at radius 3 is 2.72 bits per heavy atom. The van der Waals surface area contributed by atoms with Crippen molar-refractivity contribution < 1.29 is 14.3 Å². The molecule has 1 aromatic heterocycles. The number of benzene rings is 2. The van der Waals surface area contributed by atoms with Crippen LogP contribution in [0.4, 0.5) is 0 Å². The molecule has 1 atom stereocenters. The van der Waals surface area contributed by atoms with E-state index in [1.165, 1.54) is 10.1 Å². The van der Waals surface area contributed by atoms with Crippen molar-refractivity contribution in [1.29, 1.82) is 0 Å². The van der Waals surface area contributed by atoms with E-state index in [4.69, 9.17) is 19.5 Å². The molecule has 4 aliphatic rings. The number of amidine groups is 1. The van der Waals surface area contributed by atoms with Crippen molar-refractivity contribution in [3.8, 4) is 11.5 Å². The fraction of sp³-hybridized carbons (Fsp3) is 0.400. The van der Waals surface area contributed by atoms with Gasteiger partial charge >= 0.3 is 0 Å². The molecule has 4 aliphatic heterocycles. The monoisotopic (exact) mass is 449 g/mol. The lowest BCUT2D eigenvalue weighted by Gasteiger charge is -2.53. The normalized spacial score (nSPS) is 26.4. The van der Waals surface area contributed by atoms with Crippen LogP contribution in [0.15, 0.2) is 53.0 Å². The standard InChI is InChI=1S/C25H27N3O3S/c1-29-21-6-5-19(22(14-21)30-2)15-28-24(18-4-3-17-9-12-32-23(17)13-18)26-31-25(28)16-27-10-7-20(25)8-11-27/h3-6,9,12-14,20H,7-8,10-11,15-16H2,1-2H3. The second-order valence-electron chi connectivity index (χ2n) is 8.84. The predicted molar refractivity (Wildman–Crippen MR) is 126 cm³/mol. The molecule has 5 heterocycles. The summed E-state index contributed by atoms with van der Waals surface area (Å²) in [6.45, 7) is 3.83. The highest BCUT2D eigenvalue weighted by Gasteiger charge is 2.57. The van der Waals surface area contributed by atoms with Crippen LogP contribution in [0, 0.1) is 5.92 Å². The van der Waals surface area contributed by atoms with Crippen molar-refractivity contribution in [3.63, 3.8) is 0 Å². The Balaban J connectivity index is 1.42. The lowest BCUT2D eigenvalue weighted by atomic mass is 9.79. The summed E-state index contributed by atoms with van der Waals surface area (Å²) in [5, 5.41) is 8.11. The molecule has 7 heteroatoms. The van der Waals surface area contributed by atoms with Gasteiger partial charge in [0.2, 0.25) is 5.72 Å². The van der Waals surface area contributed by atoms with Crippen molar-refractivity contribution in [1.82, 2.24) is 9.80 Å². The maximum atomic E-state index is 6.39. The van der Waals surface area contributed by atoms with Gasteiger partial charge in [-0.3, -0.25) is 4.90 Å². The van der Waals surface area contributed by atoms with E-state index in [9.17, 15) is 0 Å². The van der Waals surface area contributed by atoms with Gasteiger partial charge < -0.3 is 19.2 Å². The van der Waals surface area contributed by atoms with Crippen molar-refractivity contribution in [3.05, 3.63) is 59.0 Å². The molecule has 166 valence electrons. The lowest BCUT2D eigenvalue weighted by molar-refractivity contribution is -0.198. The van der Waals surface area contributed by atoms with Crippen molar-refractivity contribution in [2.75, 3.05) is 33.9 Å². The molecule has 0 N–H and O–H groups in total. The summed E-state index contributed by atoms with van der Waals surface area (Å²) in [5.41, 5.74) is 1.77. The van der Waals surface area contributed by atoms with Crippen LogP contribution < -0.4 is 9.47 Å². The highest BCUT2D eigenvalue weighted by atomic mass is 32.1. The lowest BCUT2D eigenvalue weighted by Crippen LogP contribution is -2.66. The average Bonchev–Trinajstić information content (AvgIpc) is 3.45. The van der Waals surface area contributed by atoms with Crippen molar-refractivity contribution in [2.45, 2.75) is 25.1 Å². The molecular formula is C25H27N3O3S. The minimum absolute atomic E-state index is 0.429. The molecule has 3 fully saturated rings. The molecule has 0 radical (unpaired) electrons. The number of oxime groups is 1. The number of ether oxygens (including phenoxy) is 2. The Hall–Kier alpha value is -2.77. The highest BCUT2D eigenvalue weighted by Crippen LogP contribution is 2.45. The predicted octanol–water partition coefficient (Wildman–Crippen LogP) is 4.53. The quantitative estimate of drug-likeness (QED) is 0.573. The maximum Gasteiger partial charge on any atom is 0.227 e. The third kappa shape index (κ3) is 3.06. The van der Waals surface area contributed by atoms with Gasteiger partial charge in [-0.05, 0) is 61.0 Å². The summed E-state index contributed by atoms with van der Waals surface area (Å²) >= 11 is 1.76. The maximum absolute atomic E-state index is 6.39. The van der Waals surface area contributed by atoms with Crippen LogP contribution in [0.25, 0.3) is 10.1 Å². The summed E-state index contributed by atoms with van der Waals surface area (Å²) in [7, 11) is 3.39. The van der Waals surface area contributed by atoms with Gasteiger partial charge in [0.1, 0.15) is 11.5 Å². The minimum Gasteiger partial charge on any atom is -0.497 e. The van der Waals surface area contributed by atoms with Gasteiger partial charge in [0.15, 0.2) is 5.84 Å². The number of thiophene rings is 1. The molecule has 32 heavy (non-hydrogen) atoms. The number of fused-ring (bicyclic) bond motifs is 3. The Bertz CT molecular complexity index is 1180. The summed E-state index contributed by atoms with van der Waals surface area (Å²) in [6.07, 6.45) is 2.28. The molecule has 0 aliphatic carbocycles. The van der Waals surface area contributed by atoms with Crippen LogP contribution in [0.2, 0.25) is 0 Å². The number of methoxy groups -OCH3 is 2. The fourth-order valence-electron chi connectivity index (χ4n) is 5.46. The van der Waals surface area contributed by atoms with Crippen LogP contribution >= 0.6 is 11.3 Å². The number of rotatable bonds is 5. The van der Waals surface area contributed by atoms with E-state index in [0.29, 0.717) is 12.5 Å². The van der Waals surface area contributed by atoms with Crippen molar-refractivity contribution in [2.24, 2.45) is 11.1 Å². The van der Waals surface area contributed by atoms with E-state index in [0.717, 1.165) is 60.9 Å². The summed E-state index contributed by atoms with van der Waals surface area (Å²) in [6, 6.07) is 14.8. The topological polar surface area (TPSA) is 46.5 Å². The zero-order chi connectivity index (χ0) is 21.7. The molecule has 1 unspecified atom stereocenters. The van der Waals surface area contributed by atoms with Gasteiger partial charge in [-0.25, -0.2) is 0 Å². The Morgan fingerprint density at radius 1 is 1.09 bits per heavy atom. The number of piperidine rings is 3. The number of nitrogens with zero attached hydrogens (tertiary/aromatic N) is 3. The van der Waals surface area contributed by atoms with Gasteiger partial charge in [-0.1, -0.05) is 17.3 Å². The van der Waals surface area contributed by atoms with E-state index in [-0.39, 0.29) is 0 Å². The SMILES string of the molecule is COc1ccc(CN2C(c3ccc4ccsc4c3)=NOC23CN2CCC3CC2)c(OC)c1. The summed E-state index contributed by atoms with van der Waals surface area (Å²) in [4.78, 5) is 11.3. The van der Waals surface area contributed by atoms with Crippen LogP contribution in [-0.2, 0) is 11.4 Å². The van der Waals surface area contributed by atoms with Crippen molar-refractivity contribution >= 4 is 27.3 Å². The second kappa shape index (κ2) is 7.67. The largest absolute Gasteiger partial charge is 0.497 e. The average molecular weight is 450 g/mol. The smallest absolute Gasteiger partial charge is 0.227 e. The van der Waals surface area contributed by atoms with Gasteiger partial charge in [0.25, 0.3) is 0 Å². The molecule has 2 bridgehead atoms. The van der Waals surface area contributed by atoms with E-state index < -0.39 is 5.72 Å². The first-order chi connectivity index (χ1) is 15.7.